The van der Waals surface area contributed by atoms with Crippen LogP contribution in [-0.2, 0) is 10.0 Å². The van der Waals surface area contributed by atoms with Crippen molar-refractivity contribution < 1.29 is 13.3 Å². The Balaban J connectivity index is 2.28. The molecule has 1 fully saturated rings. The number of rotatable bonds is 5. The van der Waals surface area contributed by atoms with Crippen LogP contribution >= 0.6 is 0 Å². The minimum absolute atomic E-state index is 0.000859. The van der Waals surface area contributed by atoms with Crippen LogP contribution in [0.3, 0.4) is 0 Å². The van der Waals surface area contributed by atoms with Gasteiger partial charge < -0.3 is 5.43 Å². The number of benzene rings is 1. The van der Waals surface area contributed by atoms with Gasteiger partial charge in [-0.25, -0.2) is 13.1 Å². The molecule has 1 aromatic rings. The fourth-order valence-corrected chi connectivity index (χ4v) is 3.67. The molecule has 1 aliphatic rings. The second-order valence-corrected chi connectivity index (χ2v) is 6.66. The number of nitrogens with one attached hydrogen (secondary N) is 2. The van der Waals surface area contributed by atoms with Crippen LogP contribution in [0.5, 0.6) is 0 Å². The number of nitro benzene ring substituents is 1. The van der Waals surface area contributed by atoms with Crippen LogP contribution in [-0.4, -0.2) is 19.4 Å². The van der Waals surface area contributed by atoms with Gasteiger partial charge in [0, 0.05) is 18.2 Å². The Labute approximate surface area is 116 Å². The molecule has 110 valence electrons. The molecular formula is C11H16N4O4S. The molecule has 0 atom stereocenters. The molecule has 4 N–H and O–H groups in total. The molecule has 0 aliphatic heterocycles. The highest BCUT2D eigenvalue weighted by molar-refractivity contribution is 7.89. The molecule has 1 saturated carbocycles. The van der Waals surface area contributed by atoms with Gasteiger partial charge >= 0.3 is 0 Å². The molecule has 8 nitrogen and oxygen atoms in total. The lowest BCUT2D eigenvalue weighted by Crippen LogP contribution is -2.43. The fourth-order valence-electron chi connectivity index (χ4n) is 2.26. The largest absolute Gasteiger partial charge is 0.323 e. The quantitative estimate of drug-likeness (QED) is 0.422. The Morgan fingerprint density at radius 2 is 2.05 bits per heavy atom. The van der Waals surface area contributed by atoms with E-state index in [1.165, 1.54) is 6.07 Å². The maximum Gasteiger partial charge on any atom is 0.271 e. The predicted octanol–water partition coefficient (Wildman–Crippen LogP) is 0.957. The Hall–Kier alpha value is -1.71. The van der Waals surface area contributed by atoms with E-state index in [-0.39, 0.29) is 22.3 Å². The van der Waals surface area contributed by atoms with Crippen molar-refractivity contribution in [2.45, 2.75) is 30.7 Å². The summed E-state index contributed by atoms with van der Waals surface area (Å²) in [5.74, 6) is 5.76. The van der Waals surface area contributed by atoms with Crippen LogP contribution < -0.4 is 16.0 Å². The minimum atomic E-state index is -3.74. The van der Waals surface area contributed by atoms with Gasteiger partial charge in [-0.2, -0.15) is 0 Å². The zero-order valence-electron chi connectivity index (χ0n) is 10.9. The third-order valence-corrected chi connectivity index (χ3v) is 4.89. The highest BCUT2D eigenvalue weighted by Crippen LogP contribution is 2.30. The van der Waals surface area contributed by atoms with Crippen molar-refractivity contribution in [2.75, 3.05) is 5.43 Å². The lowest BCUT2D eigenvalue weighted by atomic mass is 9.83. The average molecular weight is 300 g/mol. The number of hydrazine groups is 1. The molecular weight excluding hydrogens is 284 g/mol. The van der Waals surface area contributed by atoms with E-state index in [0.717, 1.165) is 25.0 Å². The van der Waals surface area contributed by atoms with Crippen LogP contribution in [0, 0.1) is 16.0 Å². The first-order valence-corrected chi connectivity index (χ1v) is 7.59. The third kappa shape index (κ3) is 2.89. The van der Waals surface area contributed by atoms with Crippen molar-refractivity contribution >= 4 is 21.4 Å². The van der Waals surface area contributed by atoms with Gasteiger partial charge in [0.05, 0.1) is 10.6 Å². The van der Waals surface area contributed by atoms with E-state index >= 15 is 0 Å². The van der Waals surface area contributed by atoms with Gasteiger partial charge in [0.2, 0.25) is 10.0 Å². The Morgan fingerprint density at radius 1 is 1.40 bits per heavy atom. The maximum absolute atomic E-state index is 12.2. The average Bonchev–Trinajstić information content (AvgIpc) is 2.35. The molecule has 0 heterocycles. The molecule has 20 heavy (non-hydrogen) atoms. The summed E-state index contributed by atoms with van der Waals surface area (Å²) in [5.41, 5.74) is 1.96. The molecule has 0 amide bonds. The number of sulfonamides is 1. The summed E-state index contributed by atoms with van der Waals surface area (Å²) in [7, 11) is -3.74. The van der Waals surface area contributed by atoms with Crippen LogP contribution in [0.4, 0.5) is 11.4 Å². The number of hydrogen-bond acceptors (Lipinski definition) is 6. The van der Waals surface area contributed by atoms with Crippen LogP contribution in [0.1, 0.15) is 19.8 Å². The van der Waals surface area contributed by atoms with Gasteiger partial charge in [0.25, 0.3) is 5.69 Å². The van der Waals surface area contributed by atoms with Gasteiger partial charge in [0.1, 0.15) is 4.90 Å². The van der Waals surface area contributed by atoms with Gasteiger partial charge in [-0.05, 0) is 24.8 Å². The molecule has 1 aliphatic carbocycles. The van der Waals surface area contributed by atoms with Crippen molar-refractivity contribution in [2.24, 2.45) is 11.8 Å². The number of hydrogen-bond donors (Lipinski definition) is 3. The zero-order valence-corrected chi connectivity index (χ0v) is 11.7. The summed E-state index contributed by atoms with van der Waals surface area (Å²) in [6, 6.07) is 3.32. The number of nitrogens with two attached hydrogens (primary N) is 1. The van der Waals surface area contributed by atoms with Crippen LogP contribution in [0.25, 0.3) is 0 Å². The van der Waals surface area contributed by atoms with Crippen molar-refractivity contribution in [3.8, 4) is 0 Å². The van der Waals surface area contributed by atoms with E-state index < -0.39 is 14.9 Å². The highest BCUT2D eigenvalue weighted by Gasteiger charge is 2.31. The summed E-state index contributed by atoms with van der Waals surface area (Å²) < 4.78 is 27.0. The summed E-state index contributed by atoms with van der Waals surface area (Å²) in [6.45, 7) is 2.05. The first-order chi connectivity index (χ1) is 9.33. The number of nitrogen functional groups attached to an aromatic ring is 1. The summed E-state index contributed by atoms with van der Waals surface area (Å²) in [5, 5.41) is 10.7. The fraction of sp³-hybridized carbons (Fsp3) is 0.455. The van der Waals surface area contributed by atoms with E-state index in [1.807, 2.05) is 6.92 Å². The molecule has 0 unspecified atom stereocenters. The molecule has 2 rings (SSSR count). The normalized spacial score (nSPS) is 22.1. The molecule has 0 radical (unpaired) electrons. The zero-order chi connectivity index (χ0) is 14.9. The second-order valence-electron chi connectivity index (χ2n) is 4.98. The third-order valence-electron chi connectivity index (χ3n) is 3.31. The van der Waals surface area contributed by atoms with Crippen molar-refractivity contribution in [1.82, 2.24) is 4.72 Å². The number of nitro groups is 1. The predicted molar refractivity (Wildman–Crippen MR) is 73.4 cm³/mol. The maximum atomic E-state index is 12.2. The molecule has 0 aromatic heterocycles. The monoisotopic (exact) mass is 300 g/mol. The lowest BCUT2D eigenvalue weighted by molar-refractivity contribution is -0.384. The van der Waals surface area contributed by atoms with Gasteiger partial charge in [-0.1, -0.05) is 6.92 Å². The van der Waals surface area contributed by atoms with Crippen LogP contribution in [0.15, 0.2) is 23.1 Å². The molecule has 1 aromatic carbocycles. The van der Waals surface area contributed by atoms with E-state index in [0.29, 0.717) is 5.92 Å². The smallest absolute Gasteiger partial charge is 0.271 e. The SMILES string of the molecule is CC1CC(NS(=O)(=O)c2ccc([N+](=O)[O-])cc2NN)C1. The summed E-state index contributed by atoms with van der Waals surface area (Å²) in [6.07, 6.45) is 1.58. The Kier molecular flexibility index (Phi) is 3.93. The Morgan fingerprint density at radius 3 is 2.55 bits per heavy atom. The van der Waals surface area contributed by atoms with Gasteiger partial charge in [0.15, 0.2) is 0 Å². The minimum Gasteiger partial charge on any atom is -0.323 e. The van der Waals surface area contributed by atoms with Gasteiger partial charge in [-0.3, -0.25) is 16.0 Å². The highest BCUT2D eigenvalue weighted by atomic mass is 32.2. The van der Waals surface area contributed by atoms with E-state index in [2.05, 4.69) is 10.1 Å². The molecule has 9 heteroatoms. The first kappa shape index (κ1) is 14.7. The molecule has 0 bridgehead atoms. The number of non-ortho nitro benzene ring substituents is 1. The number of anilines is 1. The Bertz CT molecular complexity index is 625. The topological polar surface area (TPSA) is 127 Å². The van der Waals surface area contributed by atoms with E-state index in [9.17, 15) is 18.5 Å². The second kappa shape index (κ2) is 5.35. The van der Waals surface area contributed by atoms with Crippen LogP contribution in [0.2, 0.25) is 0 Å². The number of nitrogens with zero attached hydrogens (tertiary/aromatic N) is 1. The van der Waals surface area contributed by atoms with E-state index in [1.54, 1.807) is 0 Å². The molecule has 0 saturated heterocycles. The molecule has 0 spiro atoms. The van der Waals surface area contributed by atoms with Gasteiger partial charge in [-0.15, -0.1) is 0 Å². The standard InChI is InChI=1S/C11H16N4O4S/c1-7-4-8(5-7)14-20(18,19)11-3-2-9(15(16)17)6-10(11)13-12/h2-3,6-8,13-14H,4-5,12H2,1H3. The van der Waals surface area contributed by atoms with Crippen molar-refractivity contribution in [3.05, 3.63) is 28.3 Å². The summed E-state index contributed by atoms with van der Waals surface area (Å²) >= 11 is 0. The first-order valence-electron chi connectivity index (χ1n) is 6.11. The lowest BCUT2D eigenvalue weighted by Gasteiger charge is -2.33. The van der Waals surface area contributed by atoms with E-state index in [4.69, 9.17) is 5.84 Å². The van der Waals surface area contributed by atoms with Crippen molar-refractivity contribution in [3.63, 3.8) is 0 Å². The summed E-state index contributed by atoms with van der Waals surface area (Å²) in [4.78, 5) is 9.97. The van der Waals surface area contributed by atoms with Crippen molar-refractivity contribution in [1.29, 1.82) is 0 Å².